The second kappa shape index (κ2) is 6.04. The van der Waals surface area contributed by atoms with Crippen molar-refractivity contribution in [2.45, 2.75) is 19.9 Å². The number of nitrogens with one attached hydrogen (secondary N) is 1. The summed E-state index contributed by atoms with van der Waals surface area (Å²) in [6.07, 6.45) is 1.02. The third-order valence-electron chi connectivity index (χ3n) is 2.68. The molecule has 1 heterocycles. The molecular formula is C13H13ClN2O2S. The lowest BCUT2D eigenvalue weighted by atomic mass is 10.2. The van der Waals surface area contributed by atoms with E-state index in [0.29, 0.717) is 12.2 Å². The zero-order valence-electron chi connectivity index (χ0n) is 10.4. The third-order valence-corrected chi connectivity index (χ3v) is 4.22. The highest BCUT2D eigenvalue weighted by Crippen LogP contribution is 2.28. The van der Waals surface area contributed by atoms with Gasteiger partial charge in [0.2, 0.25) is 0 Å². The highest BCUT2D eigenvalue weighted by molar-refractivity contribution is 7.12. The minimum atomic E-state index is -0.478. The van der Waals surface area contributed by atoms with Crippen molar-refractivity contribution in [3.05, 3.63) is 55.2 Å². The summed E-state index contributed by atoms with van der Waals surface area (Å²) < 4.78 is 0. The maximum atomic E-state index is 10.8. The highest BCUT2D eigenvalue weighted by atomic mass is 35.5. The highest BCUT2D eigenvalue weighted by Gasteiger charge is 2.12. The SMILES string of the molecule is CCc1ccc(CNc2ccc(Cl)c([N+](=O)[O-])c2)s1. The Morgan fingerprint density at radius 1 is 1.32 bits per heavy atom. The van der Waals surface area contributed by atoms with Gasteiger partial charge in [-0.3, -0.25) is 10.1 Å². The largest absolute Gasteiger partial charge is 0.380 e. The Kier molecular flexibility index (Phi) is 4.39. The van der Waals surface area contributed by atoms with Gasteiger partial charge in [-0.15, -0.1) is 11.3 Å². The number of nitrogens with zero attached hydrogens (tertiary/aromatic N) is 1. The summed E-state index contributed by atoms with van der Waals surface area (Å²) in [6, 6.07) is 8.90. The molecule has 2 aromatic rings. The molecule has 1 N–H and O–H groups in total. The number of rotatable bonds is 5. The van der Waals surface area contributed by atoms with Gasteiger partial charge in [0.1, 0.15) is 5.02 Å². The van der Waals surface area contributed by atoms with Crippen LogP contribution in [-0.2, 0) is 13.0 Å². The summed E-state index contributed by atoms with van der Waals surface area (Å²) in [5, 5.41) is 14.1. The lowest BCUT2D eigenvalue weighted by Crippen LogP contribution is -1.98. The number of hydrogen-bond acceptors (Lipinski definition) is 4. The fourth-order valence-electron chi connectivity index (χ4n) is 1.66. The number of nitro benzene ring substituents is 1. The smallest absolute Gasteiger partial charge is 0.289 e. The number of aryl methyl sites for hydroxylation is 1. The van der Waals surface area contributed by atoms with E-state index in [1.165, 1.54) is 21.9 Å². The fraction of sp³-hybridized carbons (Fsp3) is 0.231. The van der Waals surface area contributed by atoms with Crippen molar-refractivity contribution in [3.63, 3.8) is 0 Å². The lowest BCUT2D eigenvalue weighted by molar-refractivity contribution is -0.384. The van der Waals surface area contributed by atoms with Crippen LogP contribution in [0.3, 0.4) is 0 Å². The summed E-state index contributed by atoms with van der Waals surface area (Å²) >= 11 is 7.51. The molecule has 0 spiro atoms. The van der Waals surface area contributed by atoms with E-state index in [-0.39, 0.29) is 10.7 Å². The summed E-state index contributed by atoms with van der Waals surface area (Å²) in [4.78, 5) is 12.8. The van der Waals surface area contributed by atoms with Crippen molar-refractivity contribution in [3.8, 4) is 0 Å². The normalized spacial score (nSPS) is 10.4. The molecule has 0 unspecified atom stereocenters. The summed E-state index contributed by atoms with van der Waals surface area (Å²) in [7, 11) is 0. The van der Waals surface area contributed by atoms with Crippen LogP contribution in [0, 0.1) is 10.1 Å². The zero-order chi connectivity index (χ0) is 13.8. The van der Waals surface area contributed by atoms with Gasteiger partial charge < -0.3 is 5.32 Å². The number of halogens is 1. The van der Waals surface area contributed by atoms with E-state index in [4.69, 9.17) is 11.6 Å². The second-order valence-electron chi connectivity index (χ2n) is 4.00. The van der Waals surface area contributed by atoms with Gasteiger partial charge in [0.05, 0.1) is 4.92 Å². The Morgan fingerprint density at radius 3 is 2.68 bits per heavy atom. The zero-order valence-corrected chi connectivity index (χ0v) is 11.9. The monoisotopic (exact) mass is 296 g/mol. The Morgan fingerprint density at radius 2 is 2.05 bits per heavy atom. The number of anilines is 1. The van der Waals surface area contributed by atoms with Crippen LogP contribution in [0.15, 0.2) is 30.3 Å². The van der Waals surface area contributed by atoms with Crippen molar-refractivity contribution < 1.29 is 4.92 Å². The van der Waals surface area contributed by atoms with Gasteiger partial charge >= 0.3 is 0 Å². The van der Waals surface area contributed by atoms with E-state index in [0.717, 1.165) is 6.42 Å². The number of benzene rings is 1. The van der Waals surface area contributed by atoms with Gasteiger partial charge in [0.15, 0.2) is 0 Å². The molecule has 100 valence electrons. The Balaban J connectivity index is 2.07. The average Bonchev–Trinajstić information content (AvgIpc) is 2.85. The molecule has 0 aliphatic rings. The summed E-state index contributed by atoms with van der Waals surface area (Å²) in [5.74, 6) is 0. The molecule has 0 saturated heterocycles. The van der Waals surface area contributed by atoms with E-state index >= 15 is 0 Å². The van der Waals surface area contributed by atoms with Crippen molar-refractivity contribution in [1.82, 2.24) is 0 Å². The van der Waals surface area contributed by atoms with Gasteiger partial charge in [-0.2, -0.15) is 0 Å². The molecular weight excluding hydrogens is 284 g/mol. The van der Waals surface area contributed by atoms with Gasteiger partial charge in [0.25, 0.3) is 5.69 Å². The minimum absolute atomic E-state index is 0.0768. The first-order chi connectivity index (χ1) is 9.10. The Bertz CT molecular complexity index is 598. The summed E-state index contributed by atoms with van der Waals surface area (Å²) in [5.41, 5.74) is 0.620. The van der Waals surface area contributed by atoms with E-state index in [9.17, 15) is 10.1 Å². The van der Waals surface area contributed by atoms with Crippen molar-refractivity contribution in [2.75, 3.05) is 5.32 Å². The molecule has 1 aromatic heterocycles. The Hall–Kier alpha value is -1.59. The standard InChI is InChI=1S/C13H13ClN2O2S/c1-2-10-4-5-11(19-10)8-15-9-3-6-12(14)13(7-9)16(17)18/h3-7,15H,2,8H2,1H3. The average molecular weight is 297 g/mol. The first kappa shape index (κ1) is 13.8. The molecule has 4 nitrogen and oxygen atoms in total. The van der Waals surface area contributed by atoms with Gasteiger partial charge in [-0.25, -0.2) is 0 Å². The quantitative estimate of drug-likeness (QED) is 0.653. The molecule has 0 radical (unpaired) electrons. The predicted molar refractivity (Wildman–Crippen MR) is 79.1 cm³/mol. The first-order valence-electron chi connectivity index (χ1n) is 5.85. The van der Waals surface area contributed by atoms with E-state index < -0.39 is 4.92 Å². The van der Waals surface area contributed by atoms with Crippen LogP contribution in [0.5, 0.6) is 0 Å². The fourth-order valence-corrected chi connectivity index (χ4v) is 2.74. The number of hydrogen-bond donors (Lipinski definition) is 1. The molecule has 1 aromatic carbocycles. The molecule has 0 aliphatic heterocycles. The topological polar surface area (TPSA) is 55.2 Å². The molecule has 0 bridgehead atoms. The van der Waals surface area contributed by atoms with Crippen molar-refractivity contribution >= 4 is 34.3 Å². The van der Waals surface area contributed by atoms with Gasteiger partial charge in [-0.05, 0) is 30.7 Å². The minimum Gasteiger partial charge on any atom is -0.380 e. The molecule has 0 saturated carbocycles. The summed E-state index contributed by atoms with van der Waals surface area (Å²) in [6.45, 7) is 2.77. The predicted octanol–water partition coefficient (Wildman–Crippen LogP) is 4.48. The lowest BCUT2D eigenvalue weighted by Gasteiger charge is -2.05. The maximum Gasteiger partial charge on any atom is 0.289 e. The van der Waals surface area contributed by atoms with Crippen LogP contribution in [0.4, 0.5) is 11.4 Å². The van der Waals surface area contributed by atoms with Crippen molar-refractivity contribution in [2.24, 2.45) is 0 Å². The molecule has 0 atom stereocenters. The van der Waals surface area contributed by atoms with Gasteiger partial charge in [-0.1, -0.05) is 18.5 Å². The van der Waals surface area contributed by atoms with Crippen LogP contribution >= 0.6 is 22.9 Å². The second-order valence-corrected chi connectivity index (χ2v) is 5.66. The van der Waals surface area contributed by atoms with E-state index in [2.05, 4.69) is 24.4 Å². The van der Waals surface area contributed by atoms with E-state index in [1.54, 1.807) is 17.4 Å². The van der Waals surface area contributed by atoms with Crippen LogP contribution in [0.2, 0.25) is 5.02 Å². The number of thiophene rings is 1. The molecule has 0 fully saturated rings. The van der Waals surface area contributed by atoms with Crippen LogP contribution in [0.1, 0.15) is 16.7 Å². The molecule has 0 aliphatic carbocycles. The van der Waals surface area contributed by atoms with Crippen LogP contribution < -0.4 is 5.32 Å². The van der Waals surface area contributed by atoms with E-state index in [1.807, 2.05) is 0 Å². The Labute approximate surface area is 120 Å². The maximum absolute atomic E-state index is 10.8. The number of nitro groups is 1. The molecule has 0 amide bonds. The third kappa shape index (κ3) is 3.45. The van der Waals surface area contributed by atoms with Crippen LogP contribution in [-0.4, -0.2) is 4.92 Å². The first-order valence-corrected chi connectivity index (χ1v) is 7.05. The molecule has 2 rings (SSSR count). The van der Waals surface area contributed by atoms with Crippen molar-refractivity contribution in [1.29, 1.82) is 0 Å². The molecule has 19 heavy (non-hydrogen) atoms. The van der Waals surface area contributed by atoms with Gasteiger partial charge in [0, 0.05) is 28.1 Å². The molecule has 6 heteroatoms. The van der Waals surface area contributed by atoms with Crippen LogP contribution in [0.25, 0.3) is 0 Å².